The van der Waals surface area contributed by atoms with Crippen molar-refractivity contribution < 1.29 is 0 Å². The van der Waals surface area contributed by atoms with E-state index in [4.69, 9.17) is 28.9 Å². The van der Waals surface area contributed by atoms with Gasteiger partial charge in [-0.3, -0.25) is 13.9 Å². The quantitative estimate of drug-likeness (QED) is 0.492. The fraction of sp³-hybridized carbons (Fsp3) is 0.143. The second-order valence-corrected chi connectivity index (χ2v) is 7.77. The standard InChI is InChI=1S/C21H18Cl2N4O2/c1-11-6-4-5-7-12(11)19-18-17(25(2)21(29)26(3)20(18)28)10-27(19)16-9-15(24)13(22)8-14(16)23/h4-10H,24H2,1-3H3. The molecule has 0 spiro atoms. The highest BCUT2D eigenvalue weighted by Crippen LogP contribution is 2.37. The van der Waals surface area contributed by atoms with Crippen LogP contribution in [0.25, 0.3) is 27.8 Å². The van der Waals surface area contributed by atoms with Gasteiger partial charge in [0.2, 0.25) is 0 Å². The van der Waals surface area contributed by atoms with Crippen LogP contribution < -0.4 is 17.0 Å². The molecular weight excluding hydrogens is 411 g/mol. The zero-order valence-electron chi connectivity index (χ0n) is 16.0. The Balaban J connectivity index is 2.27. The van der Waals surface area contributed by atoms with E-state index in [0.717, 1.165) is 15.7 Å². The predicted octanol–water partition coefficient (Wildman–Crippen LogP) is 3.89. The van der Waals surface area contributed by atoms with Crippen LogP contribution in [0.15, 0.2) is 52.2 Å². The Morgan fingerprint density at radius 1 is 0.966 bits per heavy atom. The molecule has 148 valence electrons. The highest BCUT2D eigenvalue weighted by molar-refractivity contribution is 6.37. The van der Waals surface area contributed by atoms with Crippen molar-refractivity contribution in [3.05, 3.63) is 79.0 Å². The first-order valence-corrected chi connectivity index (χ1v) is 9.60. The van der Waals surface area contributed by atoms with Crippen molar-refractivity contribution >= 4 is 39.8 Å². The van der Waals surface area contributed by atoms with E-state index < -0.39 is 5.69 Å². The smallest absolute Gasteiger partial charge is 0.330 e. The number of aryl methyl sites for hydroxylation is 2. The van der Waals surface area contributed by atoms with Gasteiger partial charge in [-0.1, -0.05) is 47.5 Å². The molecule has 2 heterocycles. The topological polar surface area (TPSA) is 75.0 Å². The maximum atomic E-state index is 13.1. The lowest BCUT2D eigenvalue weighted by Gasteiger charge is -2.14. The molecule has 4 aromatic rings. The molecule has 0 unspecified atom stereocenters. The van der Waals surface area contributed by atoms with E-state index >= 15 is 0 Å². The molecule has 0 saturated carbocycles. The largest absolute Gasteiger partial charge is 0.397 e. The van der Waals surface area contributed by atoms with Crippen LogP contribution in [0.2, 0.25) is 10.0 Å². The van der Waals surface area contributed by atoms with Gasteiger partial charge in [0.05, 0.1) is 38.0 Å². The summed E-state index contributed by atoms with van der Waals surface area (Å²) in [4.78, 5) is 25.6. The Bertz CT molecular complexity index is 1410. The Morgan fingerprint density at radius 3 is 2.34 bits per heavy atom. The maximum Gasteiger partial charge on any atom is 0.330 e. The van der Waals surface area contributed by atoms with E-state index in [-0.39, 0.29) is 5.56 Å². The van der Waals surface area contributed by atoms with E-state index in [9.17, 15) is 9.59 Å². The summed E-state index contributed by atoms with van der Waals surface area (Å²) in [6, 6.07) is 10.9. The Labute approximate surface area is 176 Å². The number of nitrogens with two attached hydrogens (primary N) is 1. The maximum absolute atomic E-state index is 13.1. The average Bonchev–Trinajstić information content (AvgIpc) is 3.08. The molecule has 8 heteroatoms. The molecule has 2 aromatic heterocycles. The number of halogens is 2. The summed E-state index contributed by atoms with van der Waals surface area (Å²) in [5, 5.41) is 1.14. The van der Waals surface area contributed by atoms with E-state index in [1.54, 1.807) is 29.9 Å². The summed E-state index contributed by atoms with van der Waals surface area (Å²) >= 11 is 12.6. The molecule has 4 rings (SSSR count). The van der Waals surface area contributed by atoms with Crippen molar-refractivity contribution in [2.75, 3.05) is 5.73 Å². The molecule has 0 fully saturated rings. The van der Waals surface area contributed by atoms with Crippen LogP contribution in [0.1, 0.15) is 5.56 Å². The third-order valence-electron chi connectivity index (χ3n) is 5.16. The van der Waals surface area contributed by atoms with E-state index in [1.807, 2.05) is 31.2 Å². The third kappa shape index (κ3) is 2.87. The van der Waals surface area contributed by atoms with Gasteiger partial charge in [0.1, 0.15) is 0 Å². The number of aromatic nitrogens is 3. The SMILES string of the molecule is Cc1ccccc1-c1c2c(=O)n(C)c(=O)n(C)c2cn1-c1cc(N)c(Cl)cc1Cl. The molecule has 29 heavy (non-hydrogen) atoms. The summed E-state index contributed by atoms with van der Waals surface area (Å²) in [5.41, 5.74) is 9.13. The van der Waals surface area contributed by atoms with Gasteiger partial charge in [-0.05, 0) is 24.6 Å². The first kappa shape index (κ1) is 19.4. The first-order chi connectivity index (χ1) is 13.7. The second-order valence-electron chi connectivity index (χ2n) is 6.95. The molecule has 0 aliphatic rings. The normalized spacial score (nSPS) is 11.3. The van der Waals surface area contributed by atoms with Gasteiger partial charge in [-0.25, -0.2) is 4.79 Å². The lowest BCUT2D eigenvalue weighted by atomic mass is 10.0. The zero-order valence-corrected chi connectivity index (χ0v) is 17.5. The summed E-state index contributed by atoms with van der Waals surface area (Å²) < 4.78 is 4.34. The van der Waals surface area contributed by atoms with Crippen molar-refractivity contribution in [2.24, 2.45) is 14.1 Å². The van der Waals surface area contributed by atoms with Gasteiger partial charge >= 0.3 is 5.69 Å². The fourth-order valence-corrected chi connectivity index (χ4v) is 4.05. The third-order valence-corrected chi connectivity index (χ3v) is 5.79. The van der Waals surface area contributed by atoms with Crippen LogP contribution in [0.3, 0.4) is 0 Å². The molecule has 0 bridgehead atoms. The number of hydrogen-bond donors (Lipinski definition) is 1. The lowest BCUT2D eigenvalue weighted by Crippen LogP contribution is -2.36. The van der Waals surface area contributed by atoms with Crippen LogP contribution in [0.5, 0.6) is 0 Å². The van der Waals surface area contributed by atoms with Crippen LogP contribution >= 0.6 is 23.2 Å². The Hall–Kier alpha value is -2.96. The number of benzene rings is 2. The highest BCUT2D eigenvalue weighted by atomic mass is 35.5. The van der Waals surface area contributed by atoms with Crippen LogP contribution in [-0.2, 0) is 14.1 Å². The lowest BCUT2D eigenvalue weighted by molar-refractivity contribution is 0.714. The fourth-order valence-electron chi connectivity index (χ4n) is 3.57. The number of nitrogen functional groups attached to an aromatic ring is 1. The molecule has 2 N–H and O–H groups in total. The van der Waals surface area contributed by atoms with Crippen molar-refractivity contribution in [1.29, 1.82) is 0 Å². The molecule has 0 aliphatic carbocycles. The van der Waals surface area contributed by atoms with Crippen molar-refractivity contribution in [3.63, 3.8) is 0 Å². The van der Waals surface area contributed by atoms with Gasteiger partial charge in [0.25, 0.3) is 5.56 Å². The number of rotatable bonds is 2. The minimum absolute atomic E-state index is 0.344. The molecular formula is C21H18Cl2N4O2. The van der Waals surface area contributed by atoms with Gasteiger partial charge in [-0.2, -0.15) is 0 Å². The summed E-state index contributed by atoms with van der Waals surface area (Å²) in [7, 11) is 3.10. The molecule has 0 amide bonds. The van der Waals surface area contributed by atoms with Crippen LogP contribution in [-0.4, -0.2) is 13.7 Å². The van der Waals surface area contributed by atoms with Crippen LogP contribution in [0, 0.1) is 6.92 Å². The van der Waals surface area contributed by atoms with E-state index in [0.29, 0.717) is 38.0 Å². The van der Waals surface area contributed by atoms with Crippen molar-refractivity contribution in [3.8, 4) is 16.9 Å². The van der Waals surface area contributed by atoms with Gasteiger partial charge in [-0.15, -0.1) is 0 Å². The minimum Gasteiger partial charge on any atom is -0.397 e. The highest BCUT2D eigenvalue weighted by Gasteiger charge is 2.22. The zero-order chi connectivity index (χ0) is 21.0. The molecule has 2 aromatic carbocycles. The Morgan fingerprint density at radius 2 is 1.66 bits per heavy atom. The molecule has 0 saturated heterocycles. The monoisotopic (exact) mass is 428 g/mol. The summed E-state index contributed by atoms with van der Waals surface area (Å²) in [6.45, 7) is 1.96. The van der Waals surface area contributed by atoms with Gasteiger partial charge in [0, 0.05) is 25.9 Å². The van der Waals surface area contributed by atoms with Crippen LogP contribution in [0.4, 0.5) is 5.69 Å². The van der Waals surface area contributed by atoms with Crippen molar-refractivity contribution in [2.45, 2.75) is 6.92 Å². The molecule has 0 atom stereocenters. The number of fused-ring (bicyclic) bond motifs is 1. The Kier molecular flexibility index (Phi) is 4.56. The van der Waals surface area contributed by atoms with E-state index in [2.05, 4.69) is 0 Å². The van der Waals surface area contributed by atoms with Gasteiger partial charge < -0.3 is 10.3 Å². The predicted molar refractivity (Wildman–Crippen MR) is 118 cm³/mol. The van der Waals surface area contributed by atoms with E-state index in [1.165, 1.54) is 11.6 Å². The summed E-state index contributed by atoms with van der Waals surface area (Å²) in [5.74, 6) is 0. The number of anilines is 1. The molecule has 0 radical (unpaired) electrons. The molecule has 0 aliphatic heterocycles. The number of hydrogen-bond acceptors (Lipinski definition) is 3. The number of nitrogens with zero attached hydrogens (tertiary/aromatic N) is 3. The average molecular weight is 429 g/mol. The second kappa shape index (κ2) is 6.83. The minimum atomic E-state index is -0.405. The van der Waals surface area contributed by atoms with Gasteiger partial charge in [0.15, 0.2) is 0 Å². The van der Waals surface area contributed by atoms with Crippen molar-refractivity contribution in [1.82, 2.24) is 13.7 Å². The summed E-state index contributed by atoms with van der Waals surface area (Å²) in [6.07, 6.45) is 1.73. The molecule has 6 nitrogen and oxygen atoms in total. The first-order valence-electron chi connectivity index (χ1n) is 8.84.